The van der Waals surface area contributed by atoms with Crippen LogP contribution < -0.4 is 0 Å². The minimum atomic E-state index is 0.263. The van der Waals surface area contributed by atoms with Gasteiger partial charge in [-0.05, 0) is 46.5 Å². The van der Waals surface area contributed by atoms with Crippen LogP contribution in [0.4, 0.5) is 0 Å². The number of aromatic hydroxyl groups is 2. The second-order valence-electron chi connectivity index (χ2n) is 4.68. The van der Waals surface area contributed by atoms with Gasteiger partial charge in [-0.15, -0.1) is 0 Å². The lowest BCUT2D eigenvalue weighted by Crippen LogP contribution is -1.80. The first-order chi connectivity index (χ1) is 9.72. The molecular formula is C18H14O2. The van der Waals surface area contributed by atoms with Crippen molar-refractivity contribution in [3.63, 3.8) is 0 Å². The van der Waals surface area contributed by atoms with E-state index < -0.39 is 0 Å². The van der Waals surface area contributed by atoms with Crippen LogP contribution in [0.15, 0.2) is 72.8 Å². The van der Waals surface area contributed by atoms with Gasteiger partial charge in [0.1, 0.15) is 11.5 Å². The normalized spacial score (nSPS) is 10.4. The lowest BCUT2D eigenvalue weighted by molar-refractivity contribution is 0.475. The van der Waals surface area contributed by atoms with Crippen molar-refractivity contribution < 1.29 is 10.2 Å². The fraction of sp³-hybridized carbons (Fsp3) is 0. The van der Waals surface area contributed by atoms with Crippen molar-refractivity contribution in [1.29, 1.82) is 0 Å². The van der Waals surface area contributed by atoms with Gasteiger partial charge in [0.05, 0.1) is 0 Å². The molecule has 3 aromatic carbocycles. The Bertz CT molecular complexity index is 666. The van der Waals surface area contributed by atoms with Crippen molar-refractivity contribution in [3.8, 4) is 33.8 Å². The number of hydrogen-bond donors (Lipinski definition) is 2. The van der Waals surface area contributed by atoms with Gasteiger partial charge in [0, 0.05) is 0 Å². The summed E-state index contributed by atoms with van der Waals surface area (Å²) in [6.07, 6.45) is 0. The molecule has 2 nitrogen and oxygen atoms in total. The molecule has 0 atom stereocenters. The summed E-state index contributed by atoms with van der Waals surface area (Å²) in [5.74, 6) is 0.527. The average molecular weight is 262 g/mol. The van der Waals surface area contributed by atoms with Gasteiger partial charge in [-0.1, -0.05) is 48.5 Å². The van der Waals surface area contributed by atoms with Crippen molar-refractivity contribution in [3.05, 3.63) is 72.8 Å². The number of phenolic OH excluding ortho intramolecular Hbond substituents is 2. The maximum atomic E-state index is 9.51. The van der Waals surface area contributed by atoms with Gasteiger partial charge < -0.3 is 10.2 Å². The highest BCUT2D eigenvalue weighted by Crippen LogP contribution is 2.27. The summed E-state index contributed by atoms with van der Waals surface area (Å²) in [6, 6.07) is 22.4. The minimum Gasteiger partial charge on any atom is -0.508 e. The SMILES string of the molecule is Oc1cccc(-c2ccc(-c3cccc(O)c3)cc2)c1. The Morgan fingerprint density at radius 1 is 0.450 bits per heavy atom. The maximum Gasteiger partial charge on any atom is 0.116 e. The molecule has 0 spiro atoms. The molecule has 0 bridgehead atoms. The number of hydrogen-bond acceptors (Lipinski definition) is 2. The molecule has 0 fully saturated rings. The Balaban J connectivity index is 1.96. The zero-order chi connectivity index (χ0) is 13.9. The Morgan fingerprint density at radius 3 is 1.20 bits per heavy atom. The molecule has 0 heterocycles. The third kappa shape index (κ3) is 2.50. The second kappa shape index (κ2) is 5.10. The standard InChI is InChI=1S/C18H14O2/c19-17-5-1-3-15(11-17)13-7-9-14(10-8-13)16-4-2-6-18(20)12-16/h1-12,19-20H. The summed E-state index contributed by atoms with van der Waals surface area (Å²) in [5, 5.41) is 19.0. The molecule has 0 saturated carbocycles. The molecule has 3 aromatic rings. The Morgan fingerprint density at radius 2 is 0.850 bits per heavy atom. The molecule has 2 heteroatoms. The lowest BCUT2D eigenvalue weighted by Gasteiger charge is -2.06. The van der Waals surface area contributed by atoms with E-state index in [1.165, 1.54) is 0 Å². The van der Waals surface area contributed by atoms with E-state index in [1.54, 1.807) is 24.3 Å². The average Bonchev–Trinajstić information content (AvgIpc) is 2.47. The molecule has 0 amide bonds. The van der Waals surface area contributed by atoms with Crippen molar-refractivity contribution in [1.82, 2.24) is 0 Å². The third-order valence-electron chi connectivity index (χ3n) is 3.24. The molecule has 0 saturated heterocycles. The Labute approximate surface area is 117 Å². The molecule has 2 N–H and O–H groups in total. The highest BCUT2D eigenvalue weighted by molar-refractivity contribution is 5.71. The summed E-state index contributed by atoms with van der Waals surface area (Å²) in [7, 11) is 0. The van der Waals surface area contributed by atoms with E-state index in [4.69, 9.17) is 0 Å². The zero-order valence-electron chi connectivity index (χ0n) is 10.8. The quantitative estimate of drug-likeness (QED) is 0.717. The summed E-state index contributed by atoms with van der Waals surface area (Å²) in [5.41, 5.74) is 4.05. The van der Waals surface area contributed by atoms with E-state index in [-0.39, 0.29) is 11.5 Å². The van der Waals surface area contributed by atoms with Crippen LogP contribution in [-0.2, 0) is 0 Å². The molecule has 0 aliphatic heterocycles. The molecule has 20 heavy (non-hydrogen) atoms. The van der Waals surface area contributed by atoms with Crippen LogP contribution in [0, 0.1) is 0 Å². The molecular weight excluding hydrogens is 248 g/mol. The van der Waals surface area contributed by atoms with E-state index in [0.717, 1.165) is 22.3 Å². The van der Waals surface area contributed by atoms with Crippen LogP contribution in [0.2, 0.25) is 0 Å². The van der Waals surface area contributed by atoms with Gasteiger partial charge in [0.15, 0.2) is 0 Å². The van der Waals surface area contributed by atoms with E-state index in [2.05, 4.69) is 0 Å². The van der Waals surface area contributed by atoms with Crippen LogP contribution in [0.3, 0.4) is 0 Å². The maximum absolute atomic E-state index is 9.51. The predicted molar refractivity (Wildman–Crippen MR) is 80.6 cm³/mol. The Hall–Kier alpha value is -2.74. The third-order valence-corrected chi connectivity index (χ3v) is 3.24. The van der Waals surface area contributed by atoms with Gasteiger partial charge in [0.2, 0.25) is 0 Å². The minimum absolute atomic E-state index is 0.263. The molecule has 0 aliphatic rings. The van der Waals surface area contributed by atoms with Crippen LogP contribution in [0.25, 0.3) is 22.3 Å². The van der Waals surface area contributed by atoms with Crippen LogP contribution in [0.5, 0.6) is 11.5 Å². The summed E-state index contributed by atoms with van der Waals surface area (Å²) >= 11 is 0. The highest BCUT2D eigenvalue weighted by Gasteiger charge is 2.01. The van der Waals surface area contributed by atoms with Gasteiger partial charge in [0.25, 0.3) is 0 Å². The zero-order valence-corrected chi connectivity index (χ0v) is 10.8. The van der Waals surface area contributed by atoms with E-state index in [9.17, 15) is 10.2 Å². The van der Waals surface area contributed by atoms with Crippen molar-refractivity contribution >= 4 is 0 Å². The number of rotatable bonds is 2. The number of phenols is 2. The molecule has 0 aromatic heterocycles. The molecule has 0 radical (unpaired) electrons. The molecule has 3 rings (SSSR count). The van der Waals surface area contributed by atoms with Gasteiger partial charge in [-0.2, -0.15) is 0 Å². The van der Waals surface area contributed by atoms with Crippen molar-refractivity contribution in [2.24, 2.45) is 0 Å². The van der Waals surface area contributed by atoms with Gasteiger partial charge in [-0.3, -0.25) is 0 Å². The molecule has 0 unspecified atom stereocenters. The monoisotopic (exact) mass is 262 g/mol. The smallest absolute Gasteiger partial charge is 0.116 e. The largest absolute Gasteiger partial charge is 0.508 e. The fourth-order valence-electron chi connectivity index (χ4n) is 2.23. The van der Waals surface area contributed by atoms with Gasteiger partial charge >= 0.3 is 0 Å². The lowest BCUT2D eigenvalue weighted by atomic mass is 10.00. The second-order valence-corrected chi connectivity index (χ2v) is 4.68. The summed E-state index contributed by atoms with van der Waals surface area (Å²) < 4.78 is 0. The summed E-state index contributed by atoms with van der Waals surface area (Å²) in [4.78, 5) is 0. The molecule has 98 valence electrons. The first-order valence-electron chi connectivity index (χ1n) is 6.41. The fourth-order valence-corrected chi connectivity index (χ4v) is 2.23. The highest BCUT2D eigenvalue weighted by atomic mass is 16.3. The van der Waals surface area contributed by atoms with Crippen molar-refractivity contribution in [2.45, 2.75) is 0 Å². The topological polar surface area (TPSA) is 40.5 Å². The summed E-state index contributed by atoms with van der Waals surface area (Å²) in [6.45, 7) is 0. The number of benzene rings is 3. The van der Waals surface area contributed by atoms with Crippen LogP contribution in [-0.4, -0.2) is 10.2 Å². The first-order valence-corrected chi connectivity index (χ1v) is 6.41. The predicted octanol–water partition coefficient (Wildman–Crippen LogP) is 4.43. The Kier molecular flexibility index (Phi) is 3.13. The van der Waals surface area contributed by atoms with Crippen LogP contribution >= 0.6 is 0 Å². The van der Waals surface area contributed by atoms with E-state index in [1.807, 2.05) is 48.5 Å². The first kappa shape index (κ1) is 12.3. The van der Waals surface area contributed by atoms with Crippen molar-refractivity contribution in [2.75, 3.05) is 0 Å². The van der Waals surface area contributed by atoms with E-state index in [0.29, 0.717) is 0 Å². The van der Waals surface area contributed by atoms with Crippen LogP contribution in [0.1, 0.15) is 0 Å². The van der Waals surface area contributed by atoms with E-state index >= 15 is 0 Å². The van der Waals surface area contributed by atoms with Gasteiger partial charge in [-0.25, -0.2) is 0 Å². The molecule has 0 aliphatic carbocycles.